The summed E-state index contributed by atoms with van der Waals surface area (Å²) in [5, 5.41) is 14.1. The smallest absolute Gasteiger partial charge is 0.269 e. The molecular weight excluding hydrogens is 266 g/mol. The van der Waals surface area contributed by atoms with Crippen LogP contribution in [0.5, 0.6) is 0 Å². The molecule has 1 N–H and O–H groups in total. The number of pyridine rings is 1. The molecular formula is C16H17N3O2. The molecule has 1 atom stereocenters. The maximum absolute atomic E-state index is 10.6. The quantitative estimate of drug-likeness (QED) is 0.676. The Morgan fingerprint density at radius 1 is 1.29 bits per heavy atom. The number of hydrogen-bond acceptors (Lipinski definition) is 4. The number of hydrogen-bond donors (Lipinski definition) is 1. The van der Waals surface area contributed by atoms with Crippen LogP contribution in [0.25, 0.3) is 0 Å². The Labute approximate surface area is 123 Å². The van der Waals surface area contributed by atoms with E-state index in [1.165, 1.54) is 11.3 Å². The van der Waals surface area contributed by atoms with Crippen LogP contribution in [-0.2, 0) is 12.8 Å². The van der Waals surface area contributed by atoms with Crippen molar-refractivity contribution in [2.45, 2.75) is 25.3 Å². The number of nitro benzene ring substituents is 1. The summed E-state index contributed by atoms with van der Waals surface area (Å²) < 4.78 is 0. The molecule has 0 amide bonds. The Balaban J connectivity index is 1.54. The zero-order valence-electron chi connectivity index (χ0n) is 11.7. The van der Waals surface area contributed by atoms with Gasteiger partial charge in [0.05, 0.1) is 16.7 Å². The molecule has 0 saturated carbocycles. The molecule has 0 radical (unpaired) electrons. The van der Waals surface area contributed by atoms with E-state index in [-0.39, 0.29) is 10.6 Å². The minimum Gasteiger partial charge on any atom is -0.308 e. The molecule has 5 nitrogen and oxygen atoms in total. The standard InChI is InChI=1S/C16H17N3O2/c20-19(21)14-6-3-12(4-7-14)9-11-17-15-8-5-13-2-1-10-18-16(13)15/h1-4,6-7,10,15,17H,5,8-9,11H2. The van der Waals surface area contributed by atoms with Gasteiger partial charge in [-0.2, -0.15) is 0 Å². The summed E-state index contributed by atoms with van der Waals surface area (Å²) in [4.78, 5) is 14.7. The lowest BCUT2D eigenvalue weighted by molar-refractivity contribution is -0.384. The van der Waals surface area contributed by atoms with E-state index in [1.54, 1.807) is 12.1 Å². The van der Waals surface area contributed by atoms with Gasteiger partial charge in [0.2, 0.25) is 0 Å². The molecule has 1 unspecified atom stereocenters. The second kappa shape index (κ2) is 6.01. The SMILES string of the molecule is O=[N+]([O-])c1ccc(CCNC2CCc3cccnc32)cc1. The summed E-state index contributed by atoms with van der Waals surface area (Å²) in [5.74, 6) is 0. The highest BCUT2D eigenvalue weighted by atomic mass is 16.6. The number of aromatic nitrogens is 1. The summed E-state index contributed by atoms with van der Waals surface area (Å²) in [6, 6.07) is 11.2. The van der Waals surface area contributed by atoms with Crippen LogP contribution in [0.3, 0.4) is 0 Å². The Bertz CT molecular complexity index is 640. The second-order valence-corrected chi connectivity index (χ2v) is 5.27. The predicted molar refractivity (Wildman–Crippen MR) is 80.1 cm³/mol. The first-order chi connectivity index (χ1) is 10.2. The van der Waals surface area contributed by atoms with Gasteiger partial charge in [0.25, 0.3) is 5.69 Å². The number of nitrogens with one attached hydrogen (secondary N) is 1. The maximum atomic E-state index is 10.6. The van der Waals surface area contributed by atoms with Gasteiger partial charge >= 0.3 is 0 Å². The number of fused-ring (bicyclic) bond motifs is 1. The van der Waals surface area contributed by atoms with Crippen molar-refractivity contribution >= 4 is 5.69 Å². The summed E-state index contributed by atoms with van der Waals surface area (Å²) in [5.41, 5.74) is 3.75. The molecule has 2 aromatic rings. The molecule has 0 saturated heterocycles. The van der Waals surface area contributed by atoms with E-state index in [1.807, 2.05) is 24.4 Å². The van der Waals surface area contributed by atoms with Crippen LogP contribution in [0.1, 0.15) is 29.3 Å². The number of nitro groups is 1. The first kappa shape index (κ1) is 13.7. The van der Waals surface area contributed by atoms with E-state index in [9.17, 15) is 10.1 Å². The Hall–Kier alpha value is -2.27. The molecule has 1 aromatic carbocycles. The van der Waals surface area contributed by atoms with Crippen molar-refractivity contribution < 1.29 is 4.92 Å². The fraction of sp³-hybridized carbons (Fsp3) is 0.312. The van der Waals surface area contributed by atoms with Crippen molar-refractivity contribution in [3.63, 3.8) is 0 Å². The summed E-state index contributed by atoms with van der Waals surface area (Å²) in [7, 11) is 0. The van der Waals surface area contributed by atoms with Crippen LogP contribution in [0.2, 0.25) is 0 Å². The van der Waals surface area contributed by atoms with Crippen molar-refractivity contribution in [3.05, 3.63) is 69.5 Å². The highest BCUT2D eigenvalue weighted by Gasteiger charge is 2.22. The van der Waals surface area contributed by atoms with Gasteiger partial charge in [0, 0.05) is 18.3 Å². The van der Waals surface area contributed by atoms with Gasteiger partial charge in [0.15, 0.2) is 0 Å². The molecule has 0 bridgehead atoms. The minimum absolute atomic E-state index is 0.139. The lowest BCUT2D eigenvalue weighted by atomic mass is 10.1. The zero-order chi connectivity index (χ0) is 14.7. The molecule has 0 spiro atoms. The summed E-state index contributed by atoms with van der Waals surface area (Å²) >= 11 is 0. The van der Waals surface area contributed by atoms with E-state index >= 15 is 0 Å². The van der Waals surface area contributed by atoms with Crippen LogP contribution in [-0.4, -0.2) is 16.5 Å². The molecule has 0 aliphatic heterocycles. The fourth-order valence-corrected chi connectivity index (χ4v) is 2.79. The van der Waals surface area contributed by atoms with E-state index < -0.39 is 0 Å². The molecule has 108 valence electrons. The van der Waals surface area contributed by atoms with Crippen LogP contribution >= 0.6 is 0 Å². The Morgan fingerprint density at radius 2 is 2.10 bits per heavy atom. The van der Waals surface area contributed by atoms with Gasteiger partial charge in [-0.25, -0.2) is 0 Å². The molecule has 5 heteroatoms. The van der Waals surface area contributed by atoms with Crippen molar-refractivity contribution in [1.82, 2.24) is 10.3 Å². The Morgan fingerprint density at radius 3 is 2.86 bits per heavy atom. The fourth-order valence-electron chi connectivity index (χ4n) is 2.79. The second-order valence-electron chi connectivity index (χ2n) is 5.27. The number of rotatable bonds is 5. The average Bonchev–Trinajstić information content (AvgIpc) is 2.91. The maximum Gasteiger partial charge on any atom is 0.269 e. The number of non-ortho nitro benzene ring substituents is 1. The highest BCUT2D eigenvalue weighted by Crippen LogP contribution is 2.28. The molecule has 1 aliphatic rings. The van der Waals surface area contributed by atoms with Gasteiger partial charge in [-0.05, 0) is 43.0 Å². The first-order valence-corrected chi connectivity index (χ1v) is 7.14. The third-order valence-corrected chi connectivity index (χ3v) is 3.91. The monoisotopic (exact) mass is 283 g/mol. The lowest BCUT2D eigenvalue weighted by Gasteiger charge is -2.12. The van der Waals surface area contributed by atoms with Crippen LogP contribution in [0, 0.1) is 10.1 Å². The van der Waals surface area contributed by atoms with Crippen molar-refractivity contribution in [2.24, 2.45) is 0 Å². The third kappa shape index (κ3) is 3.08. The summed E-state index contributed by atoms with van der Waals surface area (Å²) in [6.45, 7) is 0.846. The molecule has 1 heterocycles. The first-order valence-electron chi connectivity index (χ1n) is 7.14. The van der Waals surface area contributed by atoms with Crippen LogP contribution < -0.4 is 5.32 Å². The van der Waals surface area contributed by atoms with Gasteiger partial charge in [-0.1, -0.05) is 18.2 Å². The molecule has 21 heavy (non-hydrogen) atoms. The molecule has 1 aromatic heterocycles. The topological polar surface area (TPSA) is 68.1 Å². The third-order valence-electron chi connectivity index (χ3n) is 3.91. The normalized spacial score (nSPS) is 16.7. The largest absolute Gasteiger partial charge is 0.308 e. The van der Waals surface area contributed by atoms with Gasteiger partial charge in [-0.3, -0.25) is 15.1 Å². The Kier molecular flexibility index (Phi) is 3.92. The molecule has 3 rings (SSSR count). The number of benzene rings is 1. The predicted octanol–water partition coefficient (Wildman–Crippen LogP) is 2.81. The number of nitrogens with zero attached hydrogens (tertiary/aromatic N) is 2. The molecule has 0 fully saturated rings. The van der Waals surface area contributed by atoms with Gasteiger partial charge in [-0.15, -0.1) is 0 Å². The lowest BCUT2D eigenvalue weighted by Crippen LogP contribution is -2.22. The number of aryl methyl sites for hydroxylation is 1. The van der Waals surface area contributed by atoms with Crippen LogP contribution in [0.15, 0.2) is 42.6 Å². The van der Waals surface area contributed by atoms with Crippen molar-refractivity contribution in [1.29, 1.82) is 0 Å². The highest BCUT2D eigenvalue weighted by molar-refractivity contribution is 5.33. The van der Waals surface area contributed by atoms with Crippen molar-refractivity contribution in [3.8, 4) is 0 Å². The zero-order valence-corrected chi connectivity index (χ0v) is 11.7. The minimum atomic E-state index is -0.372. The average molecular weight is 283 g/mol. The van der Waals surface area contributed by atoms with Crippen molar-refractivity contribution in [2.75, 3.05) is 6.54 Å². The van der Waals surface area contributed by atoms with E-state index in [0.29, 0.717) is 6.04 Å². The molecule has 1 aliphatic carbocycles. The summed E-state index contributed by atoms with van der Waals surface area (Å²) in [6.07, 6.45) is 4.87. The van der Waals surface area contributed by atoms with E-state index in [4.69, 9.17) is 0 Å². The van der Waals surface area contributed by atoms with E-state index in [2.05, 4.69) is 16.4 Å². The van der Waals surface area contributed by atoms with Crippen LogP contribution in [0.4, 0.5) is 5.69 Å². The van der Waals surface area contributed by atoms with Gasteiger partial charge < -0.3 is 5.32 Å². The van der Waals surface area contributed by atoms with E-state index in [0.717, 1.165) is 31.4 Å². The van der Waals surface area contributed by atoms with Gasteiger partial charge in [0.1, 0.15) is 0 Å².